The summed E-state index contributed by atoms with van der Waals surface area (Å²) in [7, 11) is 2.71. The number of hydrogen-bond donors (Lipinski definition) is 0. The first-order valence-electron chi connectivity index (χ1n) is 4.79. The lowest BCUT2D eigenvalue weighted by molar-refractivity contribution is -0.153. The fourth-order valence-corrected chi connectivity index (χ4v) is 1.31. The van der Waals surface area contributed by atoms with Crippen molar-refractivity contribution in [2.45, 2.75) is 13.1 Å². The molecule has 1 aromatic carbocycles. The average molecular weight is 250 g/mol. The summed E-state index contributed by atoms with van der Waals surface area (Å²) in [6, 6.07) is 3.16. The van der Waals surface area contributed by atoms with E-state index >= 15 is 0 Å². The number of ether oxygens (including phenoxy) is 3. The Balaban J connectivity index is 3.03. The highest BCUT2D eigenvalue weighted by atomic mass is 19.4. The van der Waals surface area contributed by atoms with Crippen molar-refractivity contribution in [1.82, 2.24) is 0 Å². The van der Waals surface area contributed by atoms with Crippen LogP contribution in [-0.4, -0.2) is 27.0 Å². The number of aryl methyl sites for hydroxylation is 1. The molecule has 17 heavy (non-hydrogen) atoms. The van der Waals surface area contributed by atoms with Gasteiger partial charge in [-0.15, -0.1) is 0 Å². The minimum absolute atomic E-state index is 0.0436. The van der Waals surface area contributed by atoms with Gasteiger partial charge in [-0.3, -0.25) is 0 Å². The predicted octanol–water partition coefficient (Wildman–Crippen LogP) is 2.95. The number of hydrogen-bond acceptors (Lipinski definition) is 3. The molecule has 3 nitrogen and oxygen atoms in total. The summed E-state index contributed by atoms with van der Waals surface area (Å²) >= 11 is 0. The standard InChI is InChI=1S/C11H13F3O3/c1-7-4-8(15-2)10(9(5-7)16-3)17-6-11(12,13)14/h4-5H,6H2,1-3H3. The lowest BCUT2D eigenvalue weighted by Gasteiger charge is -2.16. The number of rotatable bonds is 4. The third-order valence-corrected chi connectivity index (χ3v) is 1.99. The summed E-state index contributed by atoms with van der Waals surface area (Å²) in [5.41, 5.74) is 0.804. The second-order valence-electron chi connectivity index (χ2n) is 3.40. The molecule has 96 valence electrons. The molecule has 0 bridgehead atoms. The molecule has 0 spiro atoms. The molecule has 0 radical (unpaired) electrons. The number of alkyl halides is 3. The van der Waals surface area contributed by atoms with Crippen LogP contribution in [0.4, 0.5) is 13.2 Å². The van der Waals surface area contributed by atoms with Gasteiger partial charge < -0.3 is 14.2 Å². The Hall–Kier alpha value is -1.59. The van der Waals surface area contributed by atoms with E-state index in [2.05, 4.69) is 0 Å². The van der Waals surface area contributed by atoms with Crippen molar-refractivity contribution in [1.29, 1.82) is 0 Å². The van der Waals surface area contributed by atoms with E-state index < -0.39 is 12.8 Å². The van der Waals surface area contributed by atoms with Crippen LogP contribution in [0.15, 0.2) is 12.1 Å². The van der Waals surface area contributed by atoms with E-state index in [1.165, 1.54) is 14.2 Å². The molecule has 0 aromatic heterocycles. The van der Waals surface area contributed by atoms with Crippen LogP contribution in [0.25, 0.3) is 0 Å². The van der Waals surface area contributed by atoms with Crippen molar-refractivity contribution >= 4 is 0 Å². The van der Waals surface area contributed by atoms with E-state index in [-0.39, 0.29) is 17.2 Å². The Morgan fingerprint density at radius 3 is 1.88 bits per heavy atom. The molecule has 0 aliphatic rings. The molecule has 0 N–H and O–H groups in total. The van der Waals surface area contributed by atoms with Gasteiger partial charge in [-0.25, -0.2) is 0 Å². The molecule has 0 aliphatic heterocycles. The fourth-order valence-electron chi connectivity index (χ4n) is 1.31. The van der Waals surface area contributed by atoms with Crippen molar-refractivity contribution in [3.63, 3.8) is 0 Å². The van der Waals surface area contributed by atoms with Gasteiger partial charge in [0, 0.05) is 0 Å². The summed E-state index contributed by atoms with van der Waals surface area (Å²) in [5.74, 6) is 0.384. The zero-order valence-electron chi connectivity index (χ0n) is 9.72. The normalized spacial score (nSPS) is 11.2. The maximum Gasteiger partial charge on any atom is 0.422 e. The third-order valence-electron chi connectivity index (χ3n) is 1.99. The van der Waals surface area contributed by atoms with Crippen molar-refractivity contribution in [2.24, 2.45) is 0 Å². The van der Waals surface area contributed by atoms with Gasteiger partial charge >= 0.3 is 6.18 Å². The zero-order chi connectivity index (χ0) is 13.1. The molecule has 0 atom stereocenters. The first kappa shape index (κ1) is 13.5. The minimum atomic E-state index is -4.40. The van der Waals surface area contributed by atoms with Gasteiger partial charge in [0.1, 0.15) is 0 Å². The van der Waals surface area contributed by atoms with Crippen LogP contribution in [0.3, 0.4) is 0 Å². The van der Waals surface area contributed by atoms with Crippen LogP contribution in [0.2, 0.25) is 0 Å². The summed E-state index contributed by atoms with van der Waals surface area (Å²) in [6.07, 6.45) is -4.40. The fraction of sp³-hybridized carbons (Fsp3) is 0.455. The molecule has 0 aliphatic carbocycles. The molecule has 0 heterocycles. The number of benzene rings is 1. The third kappa shape index (κ3) is 3.72. The highest BCUT2D eigenvalue weighted by Gasteiger charge is 2.29. The molecule has 0 unspecified atom stereocenters. The minimum Gasteiger partial charge on any atom is -0.493 e. The number of methoxy groups -OCH3 is 2. The molecular formula is C11H13F3O3. The summed E-state index contributed by atoms with van der Waals surface area (Å²) < 4.78 is 50.9. The van der Waals surface area contributed by atoms with Crippen molar-refractivity contribution < 1.29 is 27.4 Å². The molecule has 0 saturated carbocycles. The monoisotopic (exact) mass is 250 g/mol. The van der Waals surface area contributed by atoms with Gasteiger partial charge in [0.15, 0.2) is 18.1 Å². The Morgan fingerprint density at radius 1 is 1.06 bits per heavy atom. The quantitative estimate of drug-likeness (QED) is 0.822. The Morgan fingerprint density at radius 2 is 1.53 bits per heavy atom. The van der Waals surface area contributed by atoms with Gasteiger partial charge in [-0.05, 0) is 24.6 Å². The van der Waals surface area contributed by atoms with E-state index in [9.17, 15) is 13.2 Å². The largest absolute Gasteiger partial charge is 0.493 e. The topological polar surface area (TPSA) is 27.7 Å². The molecule has 1 rings (SSSR count). The zero-order valence-corrected chi connectivity index (χ0v) is 9.72. The van der Waals surface area contributed by atoms with E-state index in [4.69, 9.17) is 14.2 Å². The molecule has 0 fully saturated rings. The van der Waals surface area contributed by atoms with Crippen LogP contribution >= 0.6 is 0 Å². The molecule has 0 amide bonds. The second kappa shape index (κ2) is 5.16. The summed E-state index contributed by atoms with van der Waals surface area (Å²) in [6.45, 7) is 0.390. The molecule has 0 saturated heterocycles. The van der Waals surface area contributed by atoms with Gasteiger partial charge in [-0.2, -0.15) is 13.2 Å². The Kier molecular flexibility index (Phi) is 4.09. The van der Waals surface area contributed by atoms with Crippen LogP contribution in [0.5, 0.6) is 17.2 Å². The first-order valence-corrected chi connectivity index (χ1v) is 4.79. The maximum absolute atomic E-state index is 12.1. The lowest BCUT2D eigenvalue weighted by atomic mass is 10.2. The average Bonchev–Trinajstić information content (AvgIpc) is 2.24. The first-order chi connectivity index (χ1) is 7.87. The summed E-state index contributed by atoms with van der Waals surface area (Å²) in [4.78, 5) is 0. The highest BCUT2D eigenvalue weighted by Crippen LogP contribution is 2.39. The van der Waals surface area contributed by atoms with Crippen molar-refractivity contribution in [3.05, 3.63) is 17.7 Å². The smallest absolute Gasteiger partial charge is 0.422 e. The van der Waals surface area contributed by atoms with Gasteiger partial charge in [-0.1, -0.05) is 0 Å². The van der Waals surface area contributed by atoms with Crippen molar-refractivity contribution in [2.75, 3.05) is 20.8 Å². The SMILES string of the molecule is COc1cc(C)cc(OC)c1OCC(F)(F)F. The second-order valence-corrected chi connectivity index (χ2v) is 3.40. The van der Waals surface area contributed by atoms with E-state index in [1.54, 1.807) is 19.1 Å². The maximum atomic E-state index is 12.1. The van der Waals surface area contributed by atoms with Gasteiger partial charge in [0.25, 0.3) is 0 Å². The Labute approximate surface area is 97.1 Å². The highest BCUT2D eigenvalue weighted by molar-refractivity contribution is 5.53. The van der Waals surface area contributed by atoms with Crippen LogP contribution in [-0.2, 0) is 0 Å². The van der Waals surface area contributed by atoms with E-state index in [1.807, 2.05) is 0 Å². The van der Waals surface area contributed by atoms with E-state index in [0.717, 1.165) is 5.56 Å². The molecule has 1 aromatic rings. The molecule has 6 heteroatoms. The molecular weight excluding hydrogens is 237 g/mol. The lowest BCUT2D eigenvalue weighted by Crippen LogP contribution is -2.19. The predicted molar refractivity (Wildman–Crippen MR) is 55.8 cm³/mol. The van der Waals surface area contributed by atoms with Crippen LogP contribution in [0, 0.1) is 6.92 Å². The van der Waals surface area contributed by atoms with Gasteiger partial charge in [0.05, 0.1) is 14.2 Å². The van der Waals surface area contributed by atoms with Crippen LogP contribution in [0.1, 0.15) is 5.56 Å². The number of halogens is 3. The van der Waals surface area contributed by atoms with Crippen LogP contribution < -0.4 is 14.2 Å². The van der Waals surface area contributed by atoms with E-state index in [0.29, 0.717) is 0 Å². The summed E-state index contributed by atoms with van der Waals surface area (Å²) in [5, 5.41) is 0. The van der Waals surface area contributed by atoms with Gasteiger partial charge in [0.2, 0.25) is 5.75 Å². The van der Waals surface area contributed by atoms with Crippen molar-refractivity contribution in [3.8, 4) is 17.2 Å². The Bertz CT molecular complexity index is 363.